The monoisotopic (exact) mass is 248 g/mol. The van der Waals surface area contributed by atoms with Gasteiger partial charge in [-0.3, -0.25) is 4.79 Å². The summed E-state index contributed by atoms with van der Waals surface area (Å²) in [6.45, 7) is 1.41. The summed E-state index contributed by atoms with van der Waals surface area (Å²) in [5.41, 5.74) is 1.31. The van der Waals surface area contributed by atoms with Crippen molar-refractivity contribution in [1.29, 1.82) is 0 Å². The normalized spacial score (nSPS) is 10.0. The lowest BCUT2D eigenvalue weighted by molar-refractivity contribution is -0.114. The molecule has 5 nitrogen and oxygen atoms in total. The fourth-order valence-electron chi connectivity index (χ4n) is 1.31. The predicted molar refractivity (Wildman–Crippen MR) is 64.6 cm³/mol. The molecule has 6 heteroatoms. The van der Waals surface area contributed by atoms with Crippen LogP contribution in [0.1, 0.15) is 6.92 Å². The maximum atomic E-state index is 10.9. The average molecular weight is 249 g/mol. The first-order chi connectivity index (χ1) is 8.16. The lowest BCUT2D eigenvalue weighted by Crippen LogP contribution is -2.07. The summed E-state index contributed by atoms with van der Waals surface area (Å²) in [5, 5.41) is 10.7. The Bertz CT molecular complexity index is 544. The zero-order valence-corrected chi connectivity index (χ0v) is 9.77. The molecule has 2 aromatic heterocycles. The first kappa shape index (κ1) is 11.5. The van der Waals surface area contributed by atoms with Crippen molar-refractivity contribution in [3.05, 3.63) is 35.6 Å². The van der Waals surface area contributed by atoms with Gasteiger partial charge in [0.25, 0.3) is 0 Å². The third-order valence-corrected chi connectivity index (χ3v) is 2.32. The van der Waals surface area contributed by atoms with Gasteiger partial charge in [0.15, 0.2) is 0 Å². The van der Waals surface area contributed by atoms with Gasteiger partial charge in [0.2, 0.25) is 5.91 Å². The maximum absolute atomic E-state index is 10.9. The first-order valence-electron chi connectivity index (χ1n) is 4.88. The van der Waals surface area contributed by atoms with E-state index in [0.717, 1.165) is 0 Å². The number of nitrogens with zero attached hydrogens (tertiary/aromatic N) is 3. The Morgan fingerprint density at radius 3 is 2.88 bits per heavy atom. The van der Waals surface area contributed by atoms with Crippen molar-refractivity contribution in [2.24, 2.45) is 0 Å². The van der Waals surface area contributed by atoms with Crippen molar-refractivity contribution in [3.8, 4) is 11.3 Å². The van der Waals surface area contributed by atoms with Gasteiger partial charge in [-0.05, 0) is 12.1 Å². The van der Waals surface area contributed by atoms with Crippen LogP contribution in [0.3, 0.4) is 0 Å². The molecule has 0 radical (unpaired) electrons. The Morgan fingerprint density at radius 2 is 2.29 bits per heavy atom. The summed E-state index contributed by atoms with van der Waals surface area (Å²) >= 11 is 6.09. The average Bonchev–Trinajstić information content (AvgIpc) is 2.29. The summed E-state index contributed by atoms with van der Waals surface area (Å²) < 4.78 is 0. The molecule has 17 heavy (non-hydrogen) atoms. The molecule has 0 bridgehead atoms. The maximum Gasteiger partial charge on any atom is 0.222 e. The van der Waals surface area contributed by atoms with E-state index >= 15 is 0 Å². The number of hydrogen-bond donors (Lipinski definition) is 1. The summed E-state index contributed by atoms with van der Waals surface area (Å²) in [5.74, 6) is 0.218. The summed E-state index contributed by atoms with van der Waals surface area (Å²) in [7, 11) is 0. The van der Waals surface area contributed by atoms with E-state index in [1.165, 1.54) is 6.92 Å². The van der Waals surface area contributed by atoms with Gasteiger partial charge in [-0.2, -0.15) is 10.2 Å². The number of aromatic nitrogens is 3. The third kappa shape index (κ3) is 2.76. The molecule has 0 aromatic carbocycles. The van der Waals surface area contributed by atoms with Gasteiger partial charge in [0.05, 0.1) is 10.7 Å². The van der Waals surface area contributed by atoms with Crippen LogP contribution >= 0.6 is 11.6 Å². The molecule has 0 fully saturated rings. The minimum absolute atomic E-state index is 0.194. The predicted octanol–water partition coefficient (Wildman–Crippen LogP) is 2.15. The van der Waals surface area contributed by atoms with Crippen molar-refractivity contribution in [3.63, 3.8) is 0 Å². The van der Waals surface area contributed by atoms with Crippen LogP contribution in [0.25, 0.3) is 11.3 Å². The van der Waals surface area contributed by atoms with Crippen LogP contribution in [0, 0.1) is 0 Å². The summed E-state index contributed by atoms with van der Waals surface area (Å²) in [4.78, 5) is 14.9. The van der Waals surface area contributed by atoms with E-state index in [0.29, 0.717) is 22.1 Å². The number of hydrogen-bond acceptors (Lipinski definition) is 4. The largest absolute Gasteiger partial charge is 0.311 e. The number of nitrogens with one attached hydrogen (secondary N) is 1. The number of anilines is 1. The second kappa shape index (κ2) is 4.88. The molecule has 2 rings (SSSR count). The fraction of sp³-hybridized carbons (Fsp3) is 0.0909. The van der Waals surface area contributed by atoms with Gasteiger partial charge in [-0.1, -0.05) is 11.6 Å². The van der Waals surface area contributed by atoms with Gasteiger partial charge in [0.1, 0.15) is 5.82 Å². The quantitative estimate of drug-likeness (QED) is 0.884. The number of carbonyl (C=O) groups excluding carboxylic acids is 1. The van der Waals surface area contributed by atoms with Crippen molar-refractivity contribution in [2.45, 2.75) is 6.92 Å². The molecule has 0 saturated heterocycles. The van der Waals surface area contributed by atoms with Gasteiger partial charge in [0, 0.05) is 30.9 Å². The molecule has 0 spiro atoms. The van der Waals surface area contributed by atoms with Crippen LogP contribution in [0.4, 0.5) is 5.82 Å². The van der Waals surface area contributed by atoms with Crippen LogP contribution < -0.4 is 5.32 Å². The number of amides is 1. The number of rotatable bonds is 2. The van der Waals surface area contributed by atoms with Crippen LogP contribution in [0.2, 0.25) is 5.02 Å². The molecule has 1 N–H and O–H groups in total. The Morgan fingerprint density at radius 1 is 1.47 bits per heavy atom. The number of halogens is 1. The van der Waals surface area contributed by atoms with Gasteiger partial charge >= 0.3 is 0 Å². The zero-order chi connectivity index (χ0) is 12.3. The van der Waals surface area contributed by atoms with E-state index in [1.54, 1.807) is 30.6 Å². The summed E-state index contributed by atoms with van der Waals surface area (Å²) in [6, 6.07) is 5.13. The third-order valence-electron chi connectivity index (χ3n) is 2.01. The fourth-order valence-corrected chi connectivity index (χ4v) is 1.56. The lowest BCUT2D eigenvalue weighted by atomic mass is 10.2. The lowest BCUT2D eigenvalue weighted by Gasteiger charge is -2.05. The standard InChI is InChI=1S/C11H9ClN4O/c1-7(17)15-11-5-9(12)8(6-13-11)10-3-2-4-14-16-10/h2-6H,1H3,(H,13,15,17). The number of pyridine rings is 1. The Balaban J connectivity index is 2.35. The molecule has 0 unspecified atom stereocenters. The van der Waals surface area contributed by atoms with E-state index in [1.807, 2.05) is 0 Å². The highest BCUT2D eigenvalue weighted by Gasteiger charge is 2.07. The molecule has 0 saturated carbocycles. The molecule has 2 heterocycles. The Kier molecular flexibility index (Phi) is 3.30. The highest BCUT2D eigenvalue weighted by molar-refractivity contribution is 6.33. The van der Waals surface area contributed by atoms with E-state index in [2.05, 4.69) is 20.5 Å². The van der Waals surface area contributed by atoms with Crippen LogP contribution in [-0.4, -0.2) is 21.1 Å². The molecule has 0 aliphatic rings. The zero-order valence-electron chi connectivity index (χ0n) is 9.01. The van der Waals surface area contributed by atoms with Gasteiger partial charge in [-0.15, -0.1) is 0 Å². The molecule has 1 amide bonds. The Hall–Kier alpha value is -2.01. The highest BCUT2D eigenvalue weighted by atomic mass is 35.5. The molecular weight excluding hydrogens is 240 g/mol. The number of carbonyl (C=O) groups is 1. The molecular formula is C11H9ClN4O. The minimum Gasteiger partial charge on any atom is -0.311 e. The molecule has 0 aliphatic carbocycles. The van der Waals surface area contributed by atoms with E-state index in [4.69, 9.17) is 11.6 Å². The first-order valence-corrected chi connectivity index (χ1v) is 5.26. The SMILES string of the molecule is CC(=O)Nc1cc(Cl)c(-c2cccnn2)cn1. The minimum atomic E-state index is -0.194. The van der Waals surface area contributed by atoms with Crippen LogP contribution in [0.5, 0.6) is 0 Å². The topological polar surface area (TPSA) is 67.8 Å². The van der Waals surface area contributed by atoms with E-state index in [9.17, 15) is 4.79 Å². The van der Waals surface area contributed by atoms with Crippen LogP contribution in [-0.2, 0) is 4.79 Å². The second-order valence-electron chi connectivity index (χ2n) is 3.34. The smallest absolute Gasteiger partial charge is 0.222 e. The summed E-state index contributed by atoms with van der Waals surface area (Å²) in [6.07, 6.45) is 3.13. The van der Waals surface area contributed by atoms with Crippen molar-refractivity contribution in [2.75, 3.05) is 5.32 Å². The molecule has 0 atom stereocenters. The van der Waals surface area contributed by atoms with Crippen LogP contribution in [0.15, 0.2) is 30.6 Å². The van der Waals surface area contributed by atoms with Gasteiger partial charge < -0.3 is 5.32 Å². The van der Waals surface area contributed by atoms with Crippen molar-refractivity contribution in [1.82, 2.24) is 15.2 Å². The van der Waals surface area contributed by atoms with Crippen molar-refractivity contribution >= 4 is 23.3 Å². The van der Waals surface area contributed by atoms with E-state index in [-0.39, 0.29) is 5.91 Å². The second-order valence-corrected chi connectivity index (χ2v) is 3.75. The van der Waals surface area contributed by atoms with Crippen molar-refractivity contribution < 1.29 is 4.79 Å². The van der Waals surface area contributed by atoms with Gasteiger partial charge in [-0.25, -0.2) is 4.98 Å². The highest BCUT2D eigenvalue weighted by Crippen LogP contribution is 2.26. The Labute approximate surface area is 103 Å². The molecule has 2 aromatic rings. The molecule has 0 aliphatic heterocycles. The van der Waals surface area contributed by atoms with E-state index < -0.39 is 0 Å². The molecule has 86 valence electrons.